The Labute approximate surface area is 343 Å². The molecule has 0 atom stereocenters. The van der Waals surface area contributed by atoms with Crippen LogP contribution in [0.1, 0.15) is 135 Å². The zero-order chi connectivity index (χ0) is 42.0. The van der Waals surface area contributed by atoms with Crippen molar-refractivity contribution in [3.05, 3.63) is 113 Å². The van der Waals surface area contributed by atoms with Crippen LogP contribution in [0.2, 0.25) is 0 Å². The molecule has 2 aliphatic heterocycles. The molecular weight excluding hydrogens is 725 g/mol. The van der Waals surface area contributed by atoms with E-state index in [1.807, 2.05) is 0 Å². The van der Waals surface area contributed by atoms with Gasteiger partial charge in [-0.1, -0.05) is 27.7 Å². The van der Waals surface area contributed by atoms with E-state index in [9.17, 15) is 9.59 Å². The van der Waals surface area contributed by atoms with E-state index in [0.29, 0.717) is 12.8 Å². The summed E-state index contributed by atoms with van der Waals surface area (Å²) >= 11 is 0. The molecule has 0 amide bonds. The van der Waals surface area contributed by atoms with E-state index in [2.05, 4.69) is 114 Å². The molecule has 4 N–H and O–H groups in total. The van der Waals surface area contributed by atoms with Gasteiger partial charge in [0.1, 0.15) is 0 Å². The van der Waals surface area contributed by atoms with Crippen LogP contribution in [0.5, 0.6) is 0 Å². The number of aliphatic imine (C=N–C) groups is 2. The van der Waals surface area contributed by atoms with Gasteiger partial charge in [0, 0.05) is 36.6 Å². The number of aromatic amines is 4. The van der Waals surface area contributed by atoms with Crippen molar-refractivity contribution < 1.29 is 19.1 Å². The molecule has 4 aromatic rings. The molecule has 0 bridgehead atoms. The third-order valence-electron chi connectivity index (χ3n) is 12.4. The van der Waals surface area contributed by atoms with Crippen molar-refractivity contribution in [2.24, 2.45) is 9.98 Å². The summed E-state index contributed by atoms with van der Waals surface area (Å²) in [5.41, 5.74) is 23.3. The van der Waals surface area contributed by atoms with Gasteiger partial charge < -0.3 is 29.4 Å². The number of rotatable bonds is 15. The average Bonchev–Trinajstić information content (AvgIpc) is 4.05. The van der Waals surface area contributed by atoms with Gasteiger partial charge in [-0.2, -0.15) is 0 Å². The number of aromatic nitrogens is 4. The van der Waals surface area contributed by atoms with Gasteiger partial charge in [-0.15, -0.1) is 0 Å². The fourth-order valence-corrected chi connectivity index (χ4v) is 8.72. The minimum absolute atomic E-state index is 0.209. The van der Waals surface area contributed by atoms with Crippen LogP contribution >= 0.6 is 0 Å². The summed E-state index contributed by atoms with van der Waals surface area (Å²) in [6.07, 6.45) is 13.4. The molecule has 58 heavy (non-hydrogen) atoms. The molecule has 2 aliphatic rings. The second-order valence-electron chi connectivity index (χ2n) is 15.4. The summed E-state index contributed by atoms with van der Waals surface area (Å²) in [5.74, 6) is -0.565. The molecule has 0 aromatic carbocycles. The Hall–Kier alpha value is -5.64. The average molecular weight is 785 g/mol. The zero-order valence-electron chi connectivity index (χ0n) is 36.5. The molecule has 306 valence electrons. The predicted octanol–water partition coefficient (Wildman–Crippen LogP) is 10.4. The molecule has 0 aliphatic carbocycles. The first kappa shape index (κ1) is 42.0. The summed E-state index contributed by atoms with van der Waals surface area (Å²) in [6.45, 7) is 21.5. The number of aryl methyl sites for hydroxylation is 2. The molecule has 0 saturated heterocycles. The van der Waals surface area contributed by atoms with Gasteiger partial charge in [0.15, 0.2) is 0 Å². The Morgan fingerprint density at radius 1 is 0.569 bits per heavy atom. The smallest absolute Gasteiger partial charge is 0.305 e. The van der Waals surface area contributed by atoms with Gasteiger partial charge in [-0.05, 0) is 159 Å². The van der Waals surface area contributed by atoms with Crippen LogP contribution in [0.4, 0.5) is 0 Å². The van der Waals surface area contributed by atoms with Gasteiger partial charge in [-0.3, -0.25) is 9.59 Å². The van der Waals surface area contributed by atoms with Crippen molar-refractivity contribution >= 4 is 35.5 Å². The number of nitrogens with zero attached hydrogens (tertiary/aromatic N) is 2. The Bertz CT molecular complexity index is 2460. The second-order valence-corrected chi connectivity index (χ2v) is 15.4. The van der Waals surface area contributed by atoms with E-state index in [0.717, 1.165) is 105 Å². The lowest BCUT2D eigenvalue weighted by molar-refractivity contribution is -0.141. The normalized spacial score (nSPS) is 15.7. The van der Waals surface area contributed by atoms with E-state index in [4.69, 9.17) is 19.5 Å². The third kappa shape index (κ3) is 7.68. The van der Waals surface area contributed by atoms with E-state index >= 15 is 0 Å². The molecule has 0 radical (unpaired) electrons. The van der Waals surface area contributed by atoms with Crippen LogP contribution in [0, 0.1) is 27.7 Å². The van der Waals surface area contributed by atoms with Crippen LogP contribution in [-0.2, 0) is 44.7 Å². The number of ether oxygens (including phenoxy) is 2. The first-order valence-corrected chi connectivity index (χ1v) is 20.7. The van der Waals surface area contributed by atoms with Gasteiger partial charge in [-0.25, -0.2) is 9.98 Å². The van der Waals surface area contributed by atoms with Crippen LogP contribution in [0.3, 0.4) is 0 Å². The topological polar surface area (TPSA) is 140 Å². The van der Waals surface area contributed by atoms with Crippen LogP contribution in [0.15, 0.2) is 56.1 Å². The second kappa shape index (κ2) is 17.5. The quantitative estimate of drug-likeness (QED) is 0.0891. The fourth-order valence-electron chi connectivity index (χ4n) is 8.72. The van der Waals surface area contributed by atoms with Gasteiger partial charge >= 0.3 is 11.9 Å². The third-order valence-corrected chi connectivity index (χ3v) is 12.4. The maximum absolute atomic E-state index is 12.6. The van der Waals surface area contributed by atoms with E-state index < -0.39 is 0 Å². The number of esters is 2. The number of nitrogens with one attached hydrogen (secondary N) is 4. The number of methoxy groups -OCH3 is 2. The molecule has 4 aromatic heterocycles. The molecule has 10 nitrogen and oxygen atoms in total. The van der Waals surface area contributed by atoms with Crippen molar-refractivity contribution in [3.63, 3.8) is 0 Å². The Morgan fingerprint density at radius 3 is 1.72 bits per heavy atom. The number of hydrogen-bond acceptors (Lipinski definition) is 6. The lowest BCUT2D eigenvalue weighted by Gasteiger charge is -2.10. The number of allylic oxidation sites excluding steroid dienone is 4. The number of carbonyl (C=O) groups is 2. The summed E-state index contributed by atoms with van der Waals surface area (Å²) in [4.78, 5) is 50.3. The maximum Gasteiger partial charge on any atom is 0.305 e. The van der Waals surface area contributed by atoms with Crippen LogP contribution in [0.25, 0.3) is 23.5 Å². The highest BCUT2D eigenvalue weighted by atomic mass is 16.5. The first-order chi connectivity index (χ1) is 27.8. The first-order valence-electron chi connectivity index (χ1n) is 20.7. The van der Waals surface area contributed by atoms with Crippen LogP contribution < -0.4 is 0 Å². The largest absolute Gasteiger partial charge is 0.469 e. The van der Waals surface area contributed by atoms with Crippen molar-refractivity contribution in [2.45, 2.75) is 121 Å². The lowest BCUT2D eigenvalue weighted by atomic mass is 9.94. The molecule has 6 rings (SSSR count). The Balaban J connectivity index is 1.51. The minimum Gasteiger partial charge on any atom is -0.469 e. The highest BCUT2D eigenvalue weighted by Crippen LogP contribution is 2.39. The summed E-state index contributed by atoms with van der Waals surface area (Å²) in [7, 11) is 2.84. The monoisotopic (exact) mass is 784 g/mol. The van der Waals surface area contributed by atoms with Crippen molar-refractivity contribution in [3.8, 4) is 11.4 Å². The highest BCUT2D eigenvalue weighted by molar-refractivity contribution is 6.17. The molecule has 6 heterocycles. The highest BCUT2D eigenvalue weighted by Gasteiger charge is 2.30. The number of H-pyrrole nitrogens is 4. The zero-order valence-corrected chi connectivity index (χ0v) is 36.5. The van der Waals surface area contributed by atoms with Crippen molar-refractivity contribution in [2.75, 3.05) is 14.2 Å². The SMILES string of the molecule is CCC1=C(C)C(c2[nH]cc(CC)c2C)=N/C1=C\c1[nH]c(C2=N/C(=C\c3[nH]c(-c4[nH]cc(CC)c4C)c(C)c3CC)C(C)=C2CCC(=O)OC)c(CCC(=O)OC)c1C. The lowest BCUT2D eigenvalue weighted by Crippen LogP contribution is -2.11. The molecule has 0 unspecified atom stereocenters. The van der Waals surface area contributed by atoms with Gasteiger partial charge in [0.2, 0.25) is 0 Å². The predicted molar refractivity (Wildman–Crippen MR) is 236 cm³/mol. The molecule has 0 fully saturated rings. The van der Waals surface area contributed by atoms with Crippen molar-refractivity contribution in [1.29, 1.82) is 0 Å². The van der Waals surface area contributed by atoms with E-state index in [-0.39, 0.29) is 24.8 Å². The maximum atomic E-state index is 12.6. The molecular formula is C48H60N6O4. The number of hydrogen-bond donors (Lipinski definition) is 4. The molecule has 10 heteroatoms. The summed E-state index contributed by atoms with van der Waals surface area (Å²) in [6, 6.07) is 0. The van der Waals surface area contributed by atoms with E-state index in [1.54, 1.807) is 0 Å². The minimum atomic E-state index is -0.283. The molecule has 0 saturated carbocycles. The van der Waals surface area contributed by atoms with Crippen molar-refractivity contribution in [1.82, 2.24) is 19.9 Å². The van der Waals surface area contributed by atoms with Gasteiger partial charge in [0.05, 0.1) is 59.8 Å². The molecule has 0 spiro atoms. The Morgan fingerprint density at radius 2 is 1.14 bits per heavy atom. The Kier molecular flexibility index (Phi) is 12.6. The fraction of sp³-hybridized carbons (Fsp3) is 0.417. The van der Waals surface area contributed by atoms with Gasteiger partial charge in [0.25, 0.3) is 0 Å². The summed E-state index contributed by atoms with van der Waals surface area (Å²) in [5, 5.41) is 0. The standard InChI is InChI=1S/C48H60N6O4/c1-13-31-23-49-43(25(31)5)45-29(9)33(15-3)39(53-45)21-37-27(7)35(17-19-41(55)57-11)47(51-37)48-36(18-20-42(56)58-12)28(8)38(52-48)22-40-34(16-4)30(10)46(54-40)44-26(6)32(14-2)24-50-44/h21-24,49-51,54H,13-20H2,1-12H3/b38-22-,39-21-. The summed E-state index contributed by atoms with van der Waals surface area (Å²) < 4.78 is 10.2. The van der Waals surface area contributed by atoms with Crippen LogP contribution in [-0.4, -0.2) is 57.5 Å². The number of carbonyl (C=O) groups excluding carboxylic acids is 2. The van der Waals surface area contributed by atoms with E-state index in [1.165, 1.54) is 58.7 Å².